The molecule has 3 aromatic rings. The summed E-state index contributed by atoms with van der Waals surface area (Å²) in [6, 6.07) is 5.92. The van der Waals surface area contributed by atoms with Gasteiger partial charge >= 0.3 is 0 Å². The summed E-state index contributed by atoms with van der Waals surface area (Å²) in [4.78, 5) is 37.9. The number of likely N-dealkylation sites (tertiary alicyclic amines) is 1. The topological polar surface area (TPSA) is 74.6 Å². The highest BCUT2D eigenvalue weighted by molar-refractivity contribution is 7.13. The van der Waals surface area contributed by atoms with Crippen LogP contribution in [0.2, 0.25) is 0 Å². The van der Waals surface area contributed by atoms with Gasteiger partial charge in [0.1, 0.15) is 0 Å². The van der Waals surface area contributed by atoms with Gasteiger partial charge in [0.15, 0.2) is 5.65 Å². The first kappa shape index (κ1) is 21.1. The van der Waals surface area contributed by atoms with Gasteiger partial charge in [-0.15, -0.1) is 11.3 Å². The maximum Gasteiger partial charge on any atom is 0.254 e. The minimum atomic E-state index is 0.0109. The van der Waals surface area contributed by atoms with E-state index in [-0.39, 0.29) is 11.8 Å². The molecule has 0 radical (unpaired) electrons. The lowest BCUT2D eigenvalue weighted by Gasteiger charge is -2.35. The van der Waals surface area contributed by atoms with Gasteiger partial charge in [0.05, 0.1) is 33.8 Å². The molecule has 9 heteroatoms. The summed E-state index contributed by atoms with van der Waals surface area (Å²) in [5.41, 5.74) is 3.00. The second-order valence-electron chi connectivity index (χ2n) is 8.60. The third kappa shape index (κ3) is 3.91. The van der Waals surface area contributed by atoms with Gasteiger partial charge in [-0.2, -0.15) is 5.10 Å². The molecule has 3 aromatic heterocycles. The summed E-state index contributed by atoms with van der Waals surface area (Å²) in [5, 5.41) is 7.36. The van der Waals surface area contributed by atoms with Crippen LogP contribution in [0.4, 0.5) is 0 Å². The van der Waals surface area contributed by atoms with Gasteiger partial charge in [0.25, 0.3) is 5.91 Å². The van der Waals surface area contributed by atoms with Crippen molar-refractivity contribution >= 4 is 34.2 Å². The molecule has 2 aliphatic heterocycles. The zero-order chi connectivity index (χ0) is 22.2. The second kappa shape index (κ2) is 8.63. The molecule has 32 heavy (non-hydrogen) atoms. The van der Waals surface area contributed by atoms with Crippen LogP contribution in [0.25, 0.3) is 21.6 Å². The molecule has 2 fully saturated rings. The Morgan fingerprint density at radius 1 is 1.06 bits per heavy atom. The molecule has 0 saturated carbocycles. The van der Waals surface area contributed by atoms with Crippen molar-refractivity contribution in [3.63, 3.8) is 0 Å². The molecule has 2 amide bonds. The van der Waals surface area contributed by atoms with Crippen molar-refractivity contribution in [2.45, 2.75) is 19.8 Å². The molecule has 0 aliphatic carbocycles. The predicted octanol–water partition coefficient (Wildman–Crippen LogP) is 2.39. The molecule has 2 aliphatic rings. The fourth-order valence-corrected chi connectivity index (χ4v) is 5.39. The van der Waals surface area contributed by atoms with Crippen LogP contribution in [-0.4, -0.2) is 87.1 Å². The Morgan fingerprint density at radius 3 is 2.50 bits per heavy atom. The number of hydrogen-bond donors (Lipinski definition) is 0. The number of aromatic nitrogens is 3. The van der Waals surface area contributed by atoms with E-state index in [0.717, 1.165) is 53.2 Å². The van der Waals surface area contributed by atoms with Crippen molar-refractivity contribution in [1.82, 2.24) is 29.5 Å². The van der Waals surface area contributed by atoms with Crippen molar-refractivity contribution in [3.8, 4) is 10.6 Å². The van der Waals surface area contributed by atoms with Gasteiger partial charge in [0.2, 0.25) is 5.91 Å². The van der Waals surface area contributed by atoms with Crippen LogP contribution in [0.3, 0.4) is 0 Å². The molecule has 0 N–H and O–H groups in total. The monoisotopic (exact) mass is 452 g/mol. The Bertz CT molecular complexity index is 1140. The number of piperazine rings is 1. The van der Waals surface area contributed by atoms with E-state index in [2.05, 4.69) is 10.00 Å². The summed E-state index contributed by atoms with van der Waals surface area (Å²) < 4.78 is 1.75. The number of fused-ring (bicyclic) bond motifs is 1. The summed E-state index contributed by atoms with van der Waals surface area (Å²) in [6.07, 6.45) is 2.21. The van der Waals surface area contributed by atoms with Gasteiger partial charge in [-0.05, 0) is 37.3 Å². The van der Waals surface area contributed by atoms with Crippen LogP contribution in [-0.2, 0) is 11.8 Å². The predicted molar refractivity (Wildman–Crippen MR) is 125 cm³/mol. The maximum absolute atomic E-state index is 13.6. The molecule has 0 aromatic carbocycles. The number of rotatable bonds is 4. The number of carbonyl (C=O) groups is 2. The highest BCUT2D eigenvalue weighted by Crippen LogP contribution is 2.30. The van der Waals surface area contributed by atoms with E-state index >= 15 is 0 Å². The van der Waals surface area contributed by atoms with Crippen LogP contribution in [0.5, 0.6) is 0 Å². The van der Waals surface area contributed by atoms with E-state index in [0.29, 0.717) is 38.3 Å². The quantitative estimate of drug-likeness (QED) is 0.608. The fourth-order valence-electron chi connectivity index (χ4n) is 4.70. The second-order valence-corrected chi connectivity index (χ2v) is 9.54. The van der Waals surface area contributed by atoms with E-state index in [4.69, 9.17) is 4.98 Å². The normalized spacial score (nSPS) is 17.4. The summed E-state index contributed by atoms with van der Waals surface area (Å²) in [6.45, 7) is 6.79. The van der Waals surface area contributed by atoms with Crippen LogP contribution in [0, 0.1) is 6.92 Å². The van der Waals surface area contributed by atoms with Crippen molar-refractivity contribution in [2.75, 3.05) is 45.8 Å². The fraction of sp³-hybridized carbons (Fsp3) is 0.478. The number of hydrogen-bond acceptors (Lipinski definition) is 6. The molecule has 0 unspecified atom stereocenters. The van der Waals surface area contributed by atoms with Crippen LogP contribution in [0.15, 0.2) is 23.6 Å². The zero-order valence-electron chi connectivity index (χ0n) is 18.6. The molecule has 0 bridgehead atoms. The van der Waals surface area contributed by atoms with Crippen LogP contribution in [0.1, 0.15) is 28.9 Å². The molecule has 5 heterocycles. The molecule has 0 atom stereocenters. The first-order chi connectivity index (χ1) is 15.5. The third-order valence-electron chi connectivity index (χ3n) is 6.45. The molecule has 2 saturated heterocycles. The van der Waals surface area contributed by atoms with E-state index in [1.807, 2.05) is 47.4 Å². The molecule has 8 nitrogen and oxygen atoms in total. The zero-order valence-corrected chi connectivity index (χ0v) is 19.4. The highest BCUT2D eigenvalue weighted by Gasteiger charge is 2.28. The van der Waals surface area contributed by atoms with E-state index < -0.39 is 0 Å². The van der Waals surface area contributed by atoms with Gasteiger partial charge in [-0.1, -0.05) is 6.07 Å². The minimum absolute atomic E-state index is 0.0109. The Balaban J connectivity index is 1.35. The van der Waals surface area contributed by atoms with Gasteiger partial charge in [0, 0.05) is 46.3 Å². The molecule has 168 valence electrons. The lowest BCUT2D eigenvalue weighted by atomic mass is 10.1. The SMILES string of the molecule is Cc1nn(C)c2nc(-c3cccs3)cc(C(=O)N3CCN(CC(=O)N4CCCC4)CC3)c12. The van der Waals surface area contributed by atoms with Gasteiger partial charge in [-0.3, -0.25) is 19.2 Å². The number of thiophene rings is 1. The van der Waals surface area contributed by atoms with Crippen molar-refractivity contribution in [1.29, 1.82) is 0 Å². The number of amides is 2. The molecule has 5 rings (SSSR count). The van der Waals surface area contributed by atoms with Crippen LogP contribution < -0.4 is 0 Å². The summed E-state index contributed by atoms with van der Waals surface area (Å²) >= 11 is 1.61. The average Bonchev–Trinajstić information content (AvgIpc) is 3.56. The van der Waals surface area contributed by atoms with Crippen molar-refractivity contribution < 1.29 is 9.59 Å². The van der Waals surface area contributed by atoms with E-state index in [9.17, 15) is 9.59 Å². The number of carbonyl (C=O) groups excluding carboxylic acids is 2. The molecular formula is C23H28N6O2S. The van der Waals surface area contributed by atoms with Gasteiger partial charge in [-0.25, -0.2) is 4.98 Å². The summed E-state index contributed by atoms with van der Waals surface area (Å²) in [5.74, 6) is 0.224. The number of pyridine rings is 1. The smallest absolute Gasteiger partial charge is 0.254 e. The standard InChI is InChI=1S/C23H28N6O2S/c1-16-21-17(14-18(19-6-5-13-32-19)24-22(21)26(2)25-16)23(31)29-11-9-27(10-12-29)15-20(30)28-7-3-4-8-28/h5-6,13-14H,3-4,7-12,15H2,1-2H3. The highest BCUT2D eigenvalue weighted by atomic mass is 32.1. The Kier molecular flexibility index (Phi) is 5.69. The largest absolute Gasteiger partial charge is 0.342 e. The van der Waals surface area contributed by atoms with Crippen LogP contribution >= 0.6 is 11.3 Å². The van der Waals surface area contributed by atoms with Gasteiger partial charge < -0.3 is 9.80 Å². The maximum atomic E-state index is 13.6. The average molecular weight is 453 g/mol. The summed E-state index contributed by atoms with van der Waals surface area (Å²) in [7, 11) is 1.87. The Labute approximate surface area is 191 Å². The first-order valence-corrected chi connectivity index (χ1v) is 12.1. The van der Waals surface area contributed by atoms with Crippen molar-refractivity contribution in [3.05, 3.63) is 34.8 Å². The Morgan fingerprint density at radius 2 is 1.81 bits per heavy atom. The van der Waals surface area contributed by atoms with E-state index in [1.165, 1.54) is 0 Å². The number of aryl methyl sites for hydroxylation is 2. The lowest BCUT2D eigenvalue weighted by Crippen LogP contribution is -2.51. The third-order valence-corrected chi connectivity index (χ3v) is 7.34. The first-order valence-electron chi connectivity index (χ1n) is 11.2. The van der Waals surface area contributed by atoms with E-state index in [1.54, 1.807) is 16.0 Å². The van der Waals surface area contributed by atoms with Crippen molar-refractivity contribution in [2.24, 2.45) is 7.05 Å². The minimum Gasteiger partial charge on any atom is -0.342 e. The number of nitrogens with zero attached hydrogens (tertiary/aromatic N) is 6. The molecular weight excluding hydrogens is 424 g/mol. The lowest BCUT2D eigenvalue weighted by molar-refractivity contribution is -0.131. The molecule has 0 spiro atoms. The Hall–Kier alpha value is -2.78.